The van der Waals surface area contributed by atoms with Crippen molar-refractivity contribution < 1.29 is 24.5 Å². The van der Waals surface area contributed by atoms with Crippen molar-refractivity contribution in [1.82, 2.24) is 4.90 Å². The summed E-state index contributed by atoms with van der Waals surface area (Å²) in [6, 6.07) is 12.9. The molecule has 6 nitrogen and oxygen atoms in total. The lowest BCUT2D eigenvalue weighted by atomic mass is 10.0. The quantitative estimate of drug-likeness (QED) is 0.773. The highest BCUT2D eigenvalue weighted by Gasteiger charge is 2.14. The molecule has 2 aromatic rings. The van der Waals surface area contributed by atoms with Crippen LogP contribution in [0, 0.1) is 0 Å². The molecule has 0 spiro atoms. The molecule has 26 heavy (non-hydrogen) atoms. The lowest BCUT2D eigenvalue weighted by molar-refractivity contribution is -0.134. The number of carboxylic acid groups (broad SMARTS) is 2. The van der Waals surface area contributed by atoms with Crippen LogP contribution in [0.5, 0.6) is 5.75 Å². The summed E-state index contributed by atoms with van der Waals surface area (Å²) >= 11 is 0. The number of likely N-dealkylation sites (tertiary alicyclic amines) is 1. The number of aliphatic carboxylic acids is 2. The van der Waals surface area contributed by atoms with Crippen LogP contribution < -0.4 is 4.74 Å². The van der Waals surface area contributed by atoms with Crippen LogP contribution in [0.15, 0.2) is 48.6 Å². The van der Waals surface area contributed by atoms with Crippen molar-refractivity contribution in [3.63, 3.8) is 0 Å². The van der Waals surface area contributed by atoms with Gasteiger partial charge in [0.25, 0.3) is 0 Å². The van der Waals surface area contributed by atoms with Gasteiger partial charge in [0.2, 0.25) is 0 Å². The molecule has 2 N–H and O–H groups in total. The van der Waals surface area contributed by atoms with Gasteiger partial charge in [-0.05, 0) is 54.4 Å². The van der Waals surface area contributed by atoms with Crippen molar-refractivity contribution in [2.45, 2.75) is 12.8 Å². The minimum absolute atomic E-state index is 0.558. The largest absolute Gasteiger partial charge is 0.497 e. The summed E-state index contributed by atoms with van der Waals surface area (Å²) in [6.45, 7) is 3.70. The minimum Gasteiger partial charge on any atom is -0.497 e. The van der Waals surface area contributed by atoms with Crippen LogP contribution in [-0.2, 0) is 16.0 Å². The average molecular weight is 357 g/mol. The molecule has 0 amide bonds. The number of carbonyl (C=O) groups is 2. The van der Waals surface area contributed by atoms with Crippen LogP contribution in [0.2, 0.25) is 0 Å². The Hall–Kier alpha value is -2.86. The molecule has 0 aromatic heterocycles. The monoisotopic (exact) mass is 357 g/mol. The molecular weight excluding hydrogens is 334 g/mol. The van der Waals surface area contributed by atoms with E-state index in [-0.39, 0.29) is 0 Å². The number of hydrogen-bond donors (Lipinski definition) is 2. The van der Waals surface area contributed by atoms with Crippen molar-refractivity contribution in [1.29, 1.82) is 0 Å². The van der Waals surface area contributed by atoms with Crippen molar-refractivity contribution in [2.75, 3.05) is 26.7 Å². The number of ether oxygens (including phenoxy) is 1. The van der Waals surface area contributed by atoms with E-state index in [1.807, 2.05) is 0 Å². The summed E-state index contributed by atoms with van der Waals surface area (Å²) in [5, 5.41) is 18.3. The fraction of sp³-hybridized carbons (Fsp3) is 0.300. The van der Waals surface area contributed by atoms with Gasteiger partial charge in [-0.2, -0.15) is 0 Å². The summed E-state index contributed by atoms with van der Waals surface area (Å²) in [5.41, 5.74) is 1.40. The summed E-state index contributed by atoms with van der Waals surface area (Å²) < 4.78 is 5.40. The Bertz CT molecular complexity index is 780. The molecule has 6 heteroatoms. The Morgan fingerprint density at radius 3 is 2.31 bits per heavy atom. The molecule has 1 heterocycles. The molecule has 3 rings (SSSR count). The predicted octanol–water partition coefficient (Wildman–Crippen LogP) is 2.81. The Labute approximate surface area is 152 Å². The van der Waals surface area contributed by atoms with Crippen LogP contribution in [0.1, 0.15) is 12.0 Å². The first-order valence-electron chi connectivity index (χ1n) is 8.41. The van der Waals surface area contributed by atoms with Crippen LogP contribution in [0.4, 0.5) is 0 Å². The molecule has 0 radical (unpaired) electrons. The van der Waals surface area contributed by atoms with Gasteiger partial charge >= 0.3 is 11.9 Å². The van der Waals surface area contributed by atoms with E-state index in [1.54, 1.807) is 7.11 Å². The van der Waals surface area contributed by atoms with Gasteiger partial charge in [-0.1, -0.05) is 24.3 Å². The van der Waals surface area contributed by atoms with Gasteiger partial charge in [0.15, 0.2) is 0 Å². The van der Waals surface area contributed by atoms with Crippen LogP contribution in [-0.4, -0.2) is 53.8 Å². The van der Waals surface area contributed by atoms with Crippen molar-refractivity contribution in [3.05, 3.63) is 54.1 Å². The number of hydrogen-bond acceptors (Lipinski definition) is 4. The van der Waals surface area contributed by atoms with Gasteiger partial charge in [-0.25, -0.2) is 9.59 Å². The van der Waals surface area contributed by atoms with E-state index in [2.05, 4.69) is 41.3 Å². The standard InChI is InChI=1S/C16H19NO.C4H4O4/c1-18-15-11-13-5-2-3-6-16(13)14(12-15)7-10-17-8-4-9-17;5-3(6)1-2-4(7)8/h2-3,5-6,11-12H,4,7-10H2,1H3;1-2H,(H,5,6)(H,7,8)/b;2-1+. The fourth-order valence-electron chi connectivity index (χ4n) is 2.71. The number of rotatable bonds is 6. The van der Waals surface area contributed by atoms with E-state index in [4.69, 9.17) is 14.9 Å². The summed E-state index contributed by atoms with van der Waals surface area (Å²) in [6.07, 6.45) is 3.58. The van der Waals surface area contributed by atoms with Crippen molar-refractivity contribution in [3.8, 4) is 5.75 Å². The number of carboxylic acids is 2. The molecule has 1 aliphatic heterocycles. The summed E-state index contributed by atoms with van der Waals surface area (Å²) in [4.78, 5) is 21.6. The molecule has 0 saturated carbocycles. The van der Waals surface area contributed by atoms with Crippen molar-refractivity contribution >= 4 is 22.7 Å². The molecule has 1 aliphatic rings. The number of benzene rings is 2. The van der Waals surface area contributed by atoms with E-state index in [9.17, 15) is 9.59 Å². The maximum Gasteiger partial charge on any atom is 0.328 e. The van der Waals surface area contributed by atoms with E-state index in [0.717, 1.165) is 18.7 Å². The zero-order chi connectivity index (χ0) is 18.9. The molecule has 138 valence electrons. The third-order valence-corrected chi connectivity index (χ3v) is 4.17. The van der Waals surface area contributed by atoms with Crippen LogP contribution in [0.25, 0.3) is 10.8 Å². The highest BCUT2D eigenvalue weighted by atomic mass is 16.5. The molecule has 0 atom stereocenters. The first kappa shape index (κ1) is 19.5. The predicted molar refractivity (Wildman–Crippen MR) is 99.7 cm³/mol. The zero-order valence-corrected chi connectivity index (χ0v) is 14.7. The summed E-state index contributed by atoms with van der Waals surface area (Å²) in [5.74, 6) is -1.55. The second kappa shape index (κ2) is 9.58. The number of methoxy groups -OCH3 is 1. The number of nitrogens with zero attached hydrogens (tertiary/aromatic N) is 1. The summed E-state index contributed by atoms with van der Waals surface area (Å²) in [7, 11) is 1.74. The minimum atomic E-state index is -1.26. The maximum atomic E-state index is 9.55. The Kier molecular flexibility index (Phi) is 7.17. The van der Waals surface area contributed by atoms with Gasteiger partial charge < -0.3 is 19.8 Å². The van der Waals surface area contributed by atoms with E-state index in [0.29, 0.717) is 12.2 Å². The van der Waals surface area contributed by atoms with Gasteiger partial charge in [0.05, 0.1) is 7.11 Å². The molecule has 0 bridgehead atoms. The molecule has 0 aliphatic carbocycles. The highest BCUT2D eigenvalue weighted by Crippen LogP contribution is 2.26. The van der Waals surface area contributed by atoms with Gasteiger partial charge in [-0.15, -0.1) is 0 Å². The third kappa shape index (κ3) is 5.89. The second-order valence-corrected chi connectivity index (χ2v) is 5.96. The Morgan fingerprint density at radius 2 is 1.77 bits per heavy atom. The maximum absolute atomic E-state index is 9.55. The van der Waals surface area contributed by atoms with Crippen LogP contribution >= 0.6 is 0 Å². The van der Waals surface area contributed by atoms with E-state index < -0.39 is 11.9 Å². The smallest absolute Gasteiger partial charge is 0.328 e. The van der Waals surface area contributed by atoms with Gasteiger partial charge in [0, 0.05) is 18.7 Å². The average Bonchev–Trinajstić information content (AvgIpc) is 2.59. The topological polar surface area (TPSA) is 87.1 Å². The Balaban J connectivity index is 0.000000260. The SMILES string of the molecule is COc1cc(CCN2CCC2)c2ccccc2c1.O=C(O)/C=C/C(=O)O. The first-order valence-corrected chi connectivity index (χ1v) is 8.41. The zero-order valence-electron chi connectivity index (χ0n) is 14.7. The molecular formula is C20H23NO5. The van der Waals surface area contributed by atoms with Crippen molar-refractivity contribution in [2.24, 2.45) is 0 Å². The lowest BCUT2D eigenvalue weighted by Crippen LogP contribution is -2.38. The molecule has 0 unspecified atom stereocenters. The lowest BCUT2D eigenvalue weighted by Gasteiger charge is -2.30. The normalized spacial score (nSPS) is 13.7. The first-order chi connectivity index (χ1) is 12.5. The van der Waals surface area contributed by atoms with Gasteiger partial charge in [-0.3, -0.25) is 0 Å². The highest BCUT2D eigenvalue weighted by molar-refractivity contribution is 5.89. The molecule has 1 saturated heterocycles. The fourth-order valence-corrected chi connectivity index (χ4v) is 2.71. The number of fused-ring (bicyclic) bond motifs is 1. The van der Waals surface area contributed by atoms with E-state index in [1.165, 1.54) is 35.8 Å². The van der Waals surface area contributed by atoms with Gasteiger partial charge in [0.1, 0.15) is 5.75 Å². The molecule has 1 fully saturated rings. The second-order valence-electron chi connectivity index (χ2n) is 5.96. The van der Waals surface area contributed by atoms with E-state index >= 15 is 0 Å². The Morgan fingerprint density at radius 1 is 1.12 bits per heavy atom. The molecule has 2 aromatic carbocycles. The van der Waals surface area contributed by atoms with Crippen LogP contribution in [0.3, 0.4) is 0 Å². The third-order valence-electron chi connectivity index (χ3n) is 4.17.